The van der Waals surface area contributed by atoms with Crippen LogP contribution in [0.2, 0.25) is 0 Å². The Bertz CT molecular complexity index is 366. The molecule has 1 aromatic rings. The number of hydrogen-bond acceptors (Lipinski definition) is 4. The Morgan fingerprint density at radius 1 is 1.41 bits per heavy atom. The van der Waals surface area contributed by atoms with Gasteiger partial charge in [0.2, 0.25) is 0 Å². The van der Waals surface area contributed by atoms with E-state index in [1.54, 1.807) is 0 Å². The number of nitrogens with two attached hydrogens (primary N) is 1. The van der Waals surface area contributed by atoms with Crippen molar-refractivity contribution in [1.29, 1.82) is 0 Å². The molecule has 2 N–H and O–H groups in total. The molecule has 1 heterocycles. The summed E-state index contributed by atoms with van der Waals surface area (Å²) in [6.07, 6.45) is 1.84. The summed E-state index contributed by atoms with van der Waals surface area (Å²) in [6.45, 7) is 9.26. The first kappa shape index (κ1) is 13.9. The van der Waals surface area contributed by atoms with Gasteiger partial charge in [-0.1, -0.05) is 0 Å². The third-order valence-corrected chi connectivity index (χ3v) is 2.92. The van der Waals surface area contributed by atoms with Crippen LogP contribution in [0.25, 0.3) is 0 Å². The van der Waals surface area contributed by atoms with Gasteiger partial charge >= 0.3 is 0 Å². The first-order chi connectivity index (χ1) is 8.06. The van der Waals surface area contributed by atoms with E-state index in [0.717, 1.165) is 48.8 Å². The van der Waals surface area contributed by atoms with E-state index in [0.29, 0.717) is 0 Å². The van der Waals surface area contributed by atoms with Crippen LogP contribution in [0.5, 0.6) is 0 Å². The summed E-state index contributed by atoms with van der Waals surface area (Å²) in [5.41, 5.74) is 10.0. The van der Waals surface area contributed by atoms with Crippen molar-refractivity contribution in [2.45, 2.75) is 27.3 Å². The normalized spacial score (nSPS) is 11.1. The summed E-state index contributed by atoms with van der Waals surface area (Å²) in [7, 11) is 2.07. The molecule has 0 aliphatic carbocycles. The van der Waals surface area contributed by atoms with E-state index >= 15 is 0 Å². The van der Waals surface area contributed by atoms with Gasteiger partial charge < -0.3 is 10.5 Å². The maximum atomic E-state index is 6.00. The summed E-state index contributed by atoms with van der Waals surface area (Å²) >= 11 is 0. The van der Waals surface area contributed by atoms with Gasteiger partial charge in [0.15, 0.2) is 0 Å². The van der Waals surface area contributed by atoms with Crippen molar-refractivity contribution >= 4 is 5.69 Å². The fraction of sp³-hybridized carbons (Fsp3) is 0.615. The third kappa shape index (κ3) is 3.98. The molecule has 4 heteroatoms. The van der Waals surface area contributed by atoms with Gasteiger partial charge in [0, 0.05) is 31.6 Å². The van der Waals surface area contributed by atoms with Crippen LogP contribution in [0.4, 0.5) is 5.69 Å². The van der Waals surface area contributed by atoms with Gasteiger partial charge in [-0.3, -0.25) is 9.88 Å². The quantitative estimate of drug-likeness (QED) is 0.766. The average Bonchev–Trinajstić information content (AvgIpc) is 2.30. The fourth-order valence-corrected chi connectivity index (χ4v) is 1.65. The zero-order valence-corrected chi connectivity index (χ0v) is 11.3. The minimum atomic E-state index is 0.757. The number of ether oxygens (including phenoxy) is 1. The lowest BCUT2D eigenvalue weighted by molar-refractivity contribution is 0.120. The summed E-state index contributed by atoms with van der Waals surface area (Å²) in [5.74, 6) is 0. The minimum absolute atomic E-state index is 0.757. The Balaban J connectivity index is 2.59. The second-order valence-corrected chi connectivity index (χ2v) is 4.36. The Hall–Kier alpha value is -1.13. The van der Waals surface area contributed by atoms with Gasteiger partial charge in [-0.05, 0) is 38.9 Å². The maximum absolute atomic E-state index is 6.00. The summed E-state index contributed by atoms with van der Waals surface area (Å²) in [5, 5.41) is 0. The maximum Gasteiger partial charge on any atom is 0.0593 e. The van der Waals surface area contributed by atoms with Crippen LogP contribution in [-0.4, -0.2) is 36.7 Å². The highest BCUT2D eigenvalue weighted by Gasteiger charge is 2.08. The fourth-order valence-electron chi connectivity index (χ4n) is 1.65. The second kappa shape index (κ2) is 6.57. The first-order valence-electron chi connectivity index (χ1n) is 6.03. The van der Waals surface area contributed by atoms with Crippen molar-refractivity contribution in [1.82, 2.24) is 9.88 Å². The van der Waals surface area contributed by atoms with Crippen molar-refractivity contribution in [2.24, 2.45) is 0 Å². The third-order valence-electron chi connectivity index (χ3n) is 2.92. The van der Waals surface area contributed by atoms with E-state index in [4.69, 9.17) is 10.5 Å². The van der Waals surface area contributed by atoms with E-state index in [-0.39, 0.29) is 0 Å². The molecule has 0 aromatic carbocycles. The molecule has 4 nitrogen and oxygen atoms in total. The van der Waals surface area contributed by atoms with Crippen LogP contribution in [0, 0.1) is 13.8 Å². The van der Waals surface area contributed by atoms with Crippen molar-refractivity contribution < 1.29 is 4.74 Å². The molecule has 0 spiro atoms. The van der Waals surface area contributed by atoms with Gasteiger partial charge in [0.05, 0.1) is 12.3 Å². The molecule has 0 aliphatic rings. The molecule has 0 bridgehead atoms. The summed E-state index contributed by atoms with van der Waals surface area (Å²) in [4.78, 5) is 6.64. The second-order valence-electron chi connectivity index (χ2n) is 4.36. The van der Waals surface area contributed by atoms with Crippen molar-refractivity contribution in [3.8, 4) is 0 Å². The number of anilines is 1. The Labute approximate surface area is 104 Å². The molecule has 0 atom stereocenters. The van der Waals surface area contributed by atoms with E-state index in [1.165, 1.54) is 0 Å². The lowest BCUT2D eigenvalue weighted by Crippen LogP contribution is -2.24. The smallest absolute Gasteiger partial charge is 0.0593 e. The van der Waals surface area contributed by atoms with Crippen LogP contribution >= 0.6 is 0 Å². The molecule has 17 heavy (non-hydrogen) atoms. The monoisotopic (exact) mass is 237 g/mol. The van der Waals surface area contributed by atoms with Crippen LogP contribution in [0.1, 0.15) is 23.7 Å². The number of nitrogen functional groups attached to an aromatic ring is 1. The standard InChI is InChI=1S/C13H23N3O/c1-5-17-7-6-16(4)9-12-11(3)13(14)10(2)8-15-12/h8H,5-7,9H2,1-4H3,(H2,14,15). The lowest BCUT2D eigenvalue weighted by Gasteiger charge is -2.18. The number of aromatic nitrogens is 1. The Kier molecular flexibility index (Phi) is 5.38. The van der Waals surface area contributed by atoms with Crippen molar-refractivity contribution in [3.63, 3.8) is 0 Å². The number of pyridine rings is 1. The molecular formula is C13H23N3O. The highest BCUT2D eigenvalue weighted by atomic mass is 16.5. The van der Waals surface area contributed by atoms with Crippen molar-refractivity contribution in [2.75, 3.05) is 32.5 Å². The molecule has 0 aliphatic heterocycles. The molecule has 0 radical (unpaired) electrons. The van der Waals surface area contributed by atoms with E-state index < -0.39 is 0 Å². The van der Waals surface area contributed by atoms with Gasteiger partial charge in [-0.2, -0.15) is 0 Å². The van der Waals surface area contributed by atoms with Gasteiger partial charge in [-0.15, -0.1) is 0 Å². The molecule has 0 unspecified atom stereocenters. The molecule has 1 aromatic heterocycles. The molecule has 0 saturated heterocycles. The Morgan fingerprint density at radius 2 is 2.12 bits per heavy atom. The van der Waals surface area contributed by atoms with Crippen LogP contribution < -0.4 is 5.73 Å². The van der Waals surface area contributed by atoms with Crippen LogP contribution in [0.3, 0.4) is 0 Å². The lowest BCUT2D eigenvalue weighted by atomic mass is 10.1. The van der Waals surface area contributed by atoms with E-state index in [1.807, 2.05) is 27.0 Å². The highest BCUT2D eigenvalue weighted by Crippen LogP contribution is 2.18. The minimum Gasteiger partial charge on any atom is -0.398 e. The number of likely N-dealkylation sites (N-methyl/N-ethyl adjacent to an activating group) is 1. The van der Waals surface area contributed by atoms with Crippen LogP contribution in [0.15, 0.2) is 6.20 Å². The van der Waals surface area contributed by atoms with Crippen molar-refractivity contribution in [3.05, 3.63) is 23.0 Å². The number of nitrogens with zero attached hydrogens (tertiary/aromatic N) is 2. The van der Waals surface area contributed by atoms with Gasteiger partial charge in [-0.25, -0.2) is 0 Å². The Morgan fingerprint density at radius 3 is 2.76 bits per heavy atom. The topological polar surface area (TPSA) is 51.4 Å². The van der Waals surface area contributed by atoms with Gasteiger partial charge in [0.25, 0.3) is 0 Å². The number of aryl methyl sites for hydroxylation is 1. The molecule has 0 saturated carbocycles. The molecule has 0 amide bonds. The molecule has 1 rings (SSSR count). The summed E-state index contributed by atoms with van der Waals surface area (Å²) in [6, 6.07) is 0. The molecule has 96 valence electrons. The molecule has 0 fully saturated rings. The SMILES string of the molecule is CCOCCN(C)Cc1ncc(C)c(N)c1C. The van der Waals surface area contributed by atoms with E-state index in [9.17, 15) is 0 Å². The largest absolute Gasteiger partial charge is 0.398 e. The van der Waals surface area contributed by atoms with Gasteiger partial charge in [0.1, 0.15) is 0 Å². The average molecular weight is 237 g/mol. The highest BCUT2D eigenvalue weighted by molar-refractivity contribution is 5.53. The molecular weight excluding hydrogens is 214 g/mol. The first-order valence-corrected chi connectivity index (χ1v) is 6.03. The zero-order valence-electron chi connectivity index (χ0n) is 11.3. The van der Waals surface area contributed by atoms with Crippen LogP contribution in [-0.2, 0) is 11.3 Å². The number of hydrogen-bond donors (Lipinski definition) is 1. The van der Waals surface area contributed by atoms with E-state index in [2.05, 4.69) is 16.9 Å². The zero-order chi connectivity index (χ0) is 12.8. The summed E-state index contributed by atoms with van der Waals surface area (Å²) < 4.78 is 5.33. The number of rotatable bonds is 6. The predicted molar refractivity (Wildman–Crippen MR) is 71.0 cm³/mol. The predicted octanol–water partition coefficient (Wildman–Crippen LogP) is 1.75.